The number of nitrogens with zero attached hydrogens (tertiary/aromatic N) is 1. The highest BCUT2D eigenvalue weighted by molar-refractivity contribution is 6.53. The summed E-state index contributed by atoms with van der Waals surface area (Å²) in [5.74, 6) is -3.56. The Hall–Kier alpha value is -2.62. The summed E-state index contributed by atoms with van der Waals surface area (Å²) in [6.07, 6.45) is 0. The number of hydrogen-bond acceptors (Lipinski definition) is 4. The first-order valence-corrected chi connectivity index (χ1v) is 12.0. The normalized spacial score (nSPS) is 17.8. The number of anilines is 2. The maximum absolute atomic E-state index is 13.7. The number of nitro benzene ring substituents is 1. The molecule has 0 aliphatic heterocycles. The van der Waals surface area contributed by atoms with Crippen molar-refractivity contribution in [3.63, 3.8) is 0 Å². The highest BCUT2D eigenvalue weighted by Crippen LogP contribution is 2.65. The summed E-state index contributed by atoms with van der Waals surface area (Å²) in [6.45, 7) is 0. The van der Waals surface area contributed by atoms with Crippen molar-refractivity contribution in [3.8, 4) is 0 Å². The average molecular weight is 592 g/mol. The minimum absolute atomic E-state index is 0.0283. The van der Waals surface area contributed by atoms with Crippen LogP contribution in [-0.4, -0.2) is 21.1 Å². The predicted molar refractivity (Wildman–Crippen MR) is 138 cm³/mol. The third-order valence-electron chi connectivity index (χ3n) is 5.47. The Morgan fingerprint density at radius 1 is 0.889 bits per heavy atom. The minimum atomic E-state index is -1.39. The van der Waals surface area contributed by atoms with Gasteiger partial charge >= 0.3 is 0 Å². The van der Waals surface area contributed by atoms with Crippen molar-refractivity contribution in [3.05, 3.63) is 96.7 Å². The molecule has 36 heavy (non-hydrogen) atoms. The summed E-state index contributed by atoms with van der Waals surface area (Å²) in [6, 6.07) is 11.6. The van der Waals surface area contributed by atoms with Crippen LogP contribution in [0, 0.1) is 21.8 Å². The lowest BCUT2D eigenvalue weighted by molar-refractivity contribution is -0.385. The van der Waals surface area contributed by atoms with E-state index in [9.17, 15) is 24.1 Å². The van der Waals surface area contributed by atoms with Gasteiger partial charge in [-0.2, -0.15) is 0 Å². The summed E-state index contributed by atoms with van der Waals surface area (Å²) >= 11 is 30.9. The Kier molecular flexibility index (Phi) is 7.37. The number of rotatable bonds is 6. The second-order valence-electron chi connectivity index (χ2n) is 7.90. The van der Waals surface area contributed by atoms with E-state index in [1.54, 1.807) is 18.2 Å². The number of nitro groups is 1. The summed E-state index contributed by atoms with van der Waals surface area (Å²) in [4.78, 5) is 35.8. The van der Waals surface area contributed by atoms with Gasteiger partial charge in [0, 0.05) is 17.7 Å². The highest BCUT2D eigenvalue weighted by Gasteiger charge is 2.67. The molecule has 0 heterocycles. The number of amides is 2. The van der Waals surface area contributed by atoms with Crippen LogP contribution in [0.3, 0.4) is 0 Å². The molecule has 0 bridgehead atoms. The molecule has 13 heteroatoms. The van der Waals surface area contributed by atoms with Crippen molar-refractivity contribution in [2.24, 2.45) is 5.92 Å². The standard InChI is InChI=1S/C23H13Cl5FN3O4/c24-16-4-2-12(9-15(16)21(33)31-13-6-11(29)7-14(8-13)32(35)36)30-22(34)20-19(23(20,27)28)10-1-3-17(25)18(26)5-10/h1-9,19-20H,(H,30,34)(H,31,33)/t19-,20+/m0/s1. The minimum Gasteiger partial charge on any atom is -0.326 e. The van der Waals surface area contributed by atoms with Crippen molar-refractivity contribution >= 4 is 86.9 Å². The molecule has 0 unspecified atom stereocenters. The number of halogens is 6. The second kappa shape index (κ2) is 10.0. The third kappa shape index (κ3) is 5.38. The van der Waals surface area contributed by atoms with Gasteiger partial charge in [-0.1, -0.05) is 40.9 Å². The van der Waals surface area contributed by atoms with E-state index in [2.05, 4.69) is 10.6 Å². The Morgan fingerprint density at radius 3 is 2.25 bits per heavy atom. The number of nitrogens with one attached hydrogen (secondary N) is 2. The molecule has 0 aromatic heterocycles. The lowest BCUT2D eigenvalue weighted by atomic mass is 10.1. The second-order valence-corrected chi connectivity index (χ2v) is 10.6. The SMILES string of the molecule is O=C(Nc1cc(F)cc([N+](=O)[O-])c1)c1cc(NC(=O)[C@H]2[C@H](c3ccc(Cl)c(Cl)c3)C2(Cl)Cl)ccc1Cl. The smallest absolute Gasteiger partial charge is 0.274 e. The quantitative estimate of drug-likeness (QED) is 0.176. The largest absolute Gasteiger partial charge is 0.326 e. The van der Waals surface area contributed by atoms with Crippen LogP contribution in [0.25, 0.3) is 0 Å². The number of alkyl halides is 2. The molecule has 1 fully saturated rings. The van der Waals surface area contributed by atoms with Crippen LogP contribution in [0.2, 0.25) is 15.1 Å². The van der Waals surface area contributed by atoms with Crippen LogP contribution in [0.4, 0.5) is 21.5 Å². The van der Waals surface area contributed by atoms with Crippen LogP contribution in [-0.2, 0) is 4.79 Å². The Balaban J connectivity index is 1.51. The molecule has 1 saturated carbocycles. The fraction of sp³-hybridized carbons (Fsp3) is 0.130. The third-order valence-corrected chi connectivity index (χ3v) is 7.48. The predicted octanol–water partition coefficient (Wildman–Crippen LogP) is 7.47. The van der Waals surface area contributed by atoms with Crippen LogP contribution >= 0.6 is 58.0 Å². The van der Waals surface area contributed by atoms with Crippen LogP contribution in [0.1, 0.15) is 21.8 Å². The van der Waals surface area contributed by atoms with E-state index in [0.29, 0.717) is 15.6 Å². The van der Waals surface area contributed by atoms with Gasteiger partial charge in [-0.15, -0.1) is 23.2 Å². The van der Waals surface area contributed by atoms with E-state index in [1.807, 2.05) is 0 Å². The molecule has 2 amide bonds. The molecule has 0 saturated heterocycles. The summed E-state index contributed by atoms with van der Waals surface area (Å²) < 4.78 is 12.3. The Bertz CT molecular complexity index is 1420. The summed E-state index contributed by atoms with van der Waals surface area (Å²) in [5, 5.41) is 16.6. The van der Waals surface area contributed by atoms with Gasteiger partial charge in [0.1, 0.15) is 10.2 Å². The molecule has 2 N–H and O–H groups in total. The van der Waals surface area contributed by atoms with E-state index < -0.39 is 44.4 Å². The number of hydrogen-bond donors (Lipinski definition) is 2. The molecule has 7 nitrogen and oxygen atoms in total. The number of carbonyl (C=O) groups is 2. The molecule has 4 rings (SSSR count). The molecule has 0 spiro atoms. The molecule has 3 aromatic carbocycles. The van der Waals surface area contributed by atoms with E-state index >= 15 is 0 Å². The molecule has 1 aliphatic rings. The number of non-ortho nitro benzene ring substituents is 1. The lowest BCUT2D eigenvalue weighted by Crippen LogP contribution is -2.18. The molecule has 1 aliphatic carbocycles. The van der Waals surface area contributed by atoms with Crippen molar-refractivity contribution in [1.82, 2.24) is 0 Å². The van der Waals surface area contributed by atoms with Gasteiger partial charge in [0.2, 0.25) is 5.91 Å². The average Bonchev–Trinajstić information content (AvgIpc) is 3.38. The topological polar surface area (TPSA) is 101 Å². The lowest BCUT2D eigenvalue weighted by Gasteiger charge is -2.10. The van der Waals surface area contributed by atoms with Gasteiger partial charge in [-0.25, -0.2) is 4.39 Å². The zero-order valence-corrected chi connectivity index (χ0v) is 21.5. The summed E-state index contributed by atoms with van der Waals surface area (Å²) in [7, 11) is 0. The zero-order valence-electron chi connectivity index (χ0n) is 17.7. The molecule has 0 radical (unpaired) electrons. The van der Waals surface area contributed by atoms with E-state index in [4.69, 9.17) is 58.0 Å². The first kappa shape index (κ1) is 26.4. The first-order valence-electron chi connectivity index (χ1n) is 10.1. The van der Waals surface area contributed by atoms with Crippen molar-refractivity contribution in [2.75, 3.05) is 10.6 Å². The first-order chi connectivity index (χ1) is 16.9. The van der Waals surface area contributed by atoms with Crippen LogP contribution in [0.15, 0.2) is 54.6 Å². The van der Waals surface area contributed by atoms with Gasteiger partial charge in [-0.3, -0.25) is 19.7 Å². The van der Waals surface area contributed by atoms with Crippen molar-refractivity contribution in [2.45, 2.75) is 10.3 Å². The summed E-state index contributed by atoms with van der Waals surface area (Å²) in [5.41, 5.74) is 0.0950. The van der Waals surface area contributed by atoms with Crippen molar-refractivity contribution in [1.29, 1.82) is 0 Å². The van der Waals surface area contributed by atoms with Gasteiger partial charge in [0.15, 0.2) is 0 Å². The van der Waals surface area contributed by atoms with Gasteiger partial charge in [-0.05, 0) is 42.0 Å². The van der Waals surface area contributed by atoms with Gasteiger partial charge in [0.25, 0.3) is 11.6 Å². The maximum Gasteiger partial charge on any atom is 0.274 e. The fourth-order valence-electron chi connectivity index (χ4n) is 3.72. The fourth-order valence-corrected chi connectivity index (χ4v) is 5.06. The molecule has 3 aromatic rings. The van der Waals surface area contributed by atoms with Crippen LogP contribution < -0.4 is 10.6 Å². The van der Waals surface area contributed by atoms with E-state index in [-0.39, 0.29) is 22.0 Å². The monoisotopic (exact) mass is 589 g/mol. The van der Waals surface area contributed by atoms with Crippen LogP contribution in [0.5, 0.6) is 0 Å². The number of benzene rings is 3. The van der Waals surface area contributed by atoms with Gasteiger partial charge in [0.05, 0.1) is 43.2 Å². The molecule has 186 valence electrons. The van der Waals surface area contributed by atoms with Crippen molar-refractivity contribution < 1.29 is 18.9 Å². The highest BCUT2D eigenvalue weighted by atomic mass is 35.5. The van der Waals surface area contributed by atoms with E-state index in [1.165, 1.54) is 18.2 Å². The number of carbonyl (C=O) groups excluding carboxylic acids is 2. The maximum atomic E-state index is 13.7. The molecular weight excluding hydrogens is 579 g/mol. The molecular formula is C23H13Cl5FN3O4. The Morgan fingerprint density at radius 2 is 1.58 bits per heavy atom. The Labute approximate surface area is 228 Å². The van der Waals surface area contributed by atoms with Gasteiger partial charge < -0.3 is 10.6 Å². The zero-order chi connectivity index (χ0) is 26.4. The molecule has 2 atom stereocenters. The van der Waals surface area contributed by atoms with E-state index in [0.717, 1.165) is 18.2 Å².